The Bertz CT molecular complexity index is 726. The molecule has 0 fully saturated rings. The van der Waals surface area contributed by atoms with E-state index in [0.29, 0.717) is 20.6 Å². The summed E-state index contributed by atoms with van der Waals surface area (Å²) in [7, 11) is 1.57. The van der Waals surface area contributed by atoms with Gasteiger partial charge in [0.25, 0.3) is 0 Å². The minimum atomic E-state index is -0.854. The van der Waals surface area contributed by atoms with Crippen molar-refractivity contribution in [2.24, 2.45) is 7.05 Å². The molecule has 2 rings (SSSR count). The van der Waals surface area contributed by atoms with Gasteiger partial charge in [-0.15, -0.1) is 0 Å². The summed E-state index contributed by atoms with van der Waals surface area (Å²) in [5, 5.41) is 12.4. The van der Waals surface area contributed by atoms with Crippen molar-refractivity contribution in [3.63, 3.8) is 0 Å². The van der Waals surface area contributed by atoms with Gasteiger partial charge in [-0.25, -0.2) is 0 Å². The number of H-pyrrole nitrogens is 1. The summed E-state index contributed by atoms with van der Waals surface area (Å²) in [6.07, 6.45) is 0. The number of hydrogen-bond acceptors (Lipinski definition) is 5. The zero-order valence-electron chi connectivity index (χ0n) is 9.88. The summed E-state index contributed by atoms with van der Waals surface area (Å²) < 4.78 is 1.34. The summed E-state index contributed by atoms with van der Waals surface area (Å²) in [4.78, 5) is 26.7. The topological polar surface area (TPSA) is 88.0 Å². The molecule has 2 aromatic rings. The molecule has 2 N–H and O–H groups in total. The van der Waals surface area contributed by atoms with Crippen LogP contribution in [-0.4, -0.2) is 19.9 Å². The van der Waals surface area contributed by atoms with E-state index in [1.165, 1.54) is 4.68 Å². The number of aromatic nitrogens is 3. The highest BCUT2D eigenvalue weighted by molar-refractivity contribution is 7.99. The predicted octanol–water partition coefficient (Wildman–Crippen LogP) is 0.765. The monoisotopic (exact) mass is 299 g/mol. The molecule has 0 bridgehead atoms. The summed E-state index contributed by atoms with van der Waals surface area (Å²) in [6, 6.07) is 5.01. The van der Waals surface area contributed by atoms with Crippen LogP contribution >= 0.6 is 23.4 Å². The number of rotatable bonds is 3. The molecule has 0 saturated carbocycles. The second-order valence-electron chi connectivity index (χ2n) is 3.71. The summed E-state index contributed by atoms with van der Waals surface area (Å²) in [5.41, 5.74) is -0.969. The van der Waals surface area contributed by atoms with Gasteiger partial charge in [0.15, 0.2) is 5.16 Å². The molecule has 19 heavy (non-hydrogen) atoms. The second kappa shape index (κ2) is 5.60. The van der Waals surface area contributed by atoms with Crippen LogP contribution in [0.1, 0.15) is 5.56 Å². The van der Waals surface area contributed by atoms with E-state index in [9.17, 15) is 14.7 Å². The molecule has 0 amide bonds. The third kappa shape index (κ3) is 3.06. The molecular formula is C11H10ClN3O3S. The molecule has 0 radical (unpaired) electrons. The van der Waals surface area contributed by atoms with Crippen molar-refractivity contribution in [2.45, 2.75) is 16.7 Å². The number of benzene rings is 1. The molecule has 0 aliphatic carbocycles. The number of aryl methyl sites for hydroxylation is 1. The largest absolute Gasteiger partial charge is 0.392 e. The fraction of sp³-hybridized carbons (Fsp3) is 0.182. The van der Waals surface area contributed by atoms with Crippen LogP contribution in [0.4, 0.5) is 0 Å². The van der Waals surface area contributed by atoms with E-state index in [1.807, 2.05) is 0 Å². The van der Waals surface area contributed by atoms with E-state index in [0.717, 1.165) is 11.8 Å². The lowest BCUT2D eigenvalue weighted by Gasteiger charge is -2.09. The van der Waals surface area contributed by atoms with Crippen LogP contribution in [0.15, 0.2) is 37.8 Å². The molecule has 0 aliphatic rings. The Hall–Kier alpha value is -1.57. The van der Waals surface area contributed by atoms with Crippen LogP contribution in [-0.2, 0) is 13.7 Å². The maximum atomic E-state index is 11.2. The Labute approximate surface area is 117 Å². The molecule has 0 unspecified atom stereocenters. The SMILES string of the molecule is Cn1[nH]c(=O)c(=O)nc1Sc1cc(Cl)ccc1CO. The smallest absolute Gasteiger partial charge is 0.339 e. The maximum absolute atomic E-state index is 11.2. The van der Waals surface area contributed by atoms with Crippen LogP contribution < -0.4 is 11.1 Å². The average Bonchev–Trinajstić information content (AvgIpc) is 2.36. The van der Waals surface area contributed by atoms with Gasteiger partial charge in [0, 0.05) is 17.0 Å². The summed E-state index contributed by atoms with van der Waals surface area (Å²) in [5.74, 6) is 0. The van der Waals surface area contributed by atoms with Crippen molar-refractivity contribution in [3.8, 4) is 0 Å². The van der Waals surface area contributed by atoms with Gasteiger partial charge in [0.1, 0.15) is 0 Å². The first-order valence-corrected chi connectivity index (χ1v) is 6.45. The lowest BCUT2D eigenvalue weighted by molar-refractivity contribution is 0.279. The van der Waals surface area contributed by atoms with Crippen molar-refractivity contribution in [2.75, 3.05) is 0 Å². The number of nitrogens with one attached hydrogen (secondary N) is 1. The quantitative estimate of drug-likeness (QED) is 0.817. The number of halogens is 1. The van der Waals surface area contributed by atoms with Gasteiger partial charge in [-0.05, 0) is 29.5 Å². The van der Waals surface area contributed by atoms with Gasteiger partial charge in [0.05, 0.1) is 6.61 Å². The molecule has 8 heteroatoms. The predicted molar refractivity (Wildman–Crippen MR) is 71.6 cm³/mol. The molecule has 100 valence electrons. The molecule has 1 aromatic carbocycles. The molecule has 0 aliphatic heterocycles. The van der Waals surface area contributed by atoms with Crippen LogP contribution in [0.3, 0.4) is 0 Å². The van der Waals surface area contributed by atoms with Gasteiger partial charge < -0.3 is 5.11 Å². The molecule has 1 aromatic heterocycles. The number of aliphatic hydroxyl groups is 1. The Morgan fingerprint density at radius 1 is 1.47 bits per heavy atom. The molecule has 0 spiro atoms. The van der Waals surface area contributed by atoms with Crippen LogP contribution in [0.25, 0.3) is 0 Å². The zero-order chi connectivity index (χ0) is 14.0. The normalized spacial score (nSPS) is 10.7. The van der Waals surface area contributed by atoms with E-state index in [2.05, 4.69) is 10.1 Å². The molecule has 0 atom stereocenters. The molecular weight excluding hydrogens is 290 g/mol. The molecule has 0 saturated heterocycles. The van der Waals surface area contributed by atoms with E-state index in [1.54, 1.807) is 25.2 Å². The first-order valence-electron chi connectivity index (χ1n) is 5.25. The van der Waals surface area contributed by atoms with Gasteiger partial charge in [-0.1, -0.05) is 17.7 Å². The number of hydrogen-bond donors (Lipinski definition) is 2. The van der Waals surface area contributed by atoms with E-state index >= 15 is 0 Å². The average molecular weight is 300 g/mol. The Kier molecular flexibility index (Phi) is 4.08. The van der Waals surface area contributed by atoms with Gasteiger partial charge in [0.2, 0.25) is 0 Å². The first kappa shape index (κ1) is 13.9. The minimum Gasteiger partial charge on any atom is -0.392 e. The zero-order valence-corrected chi connectivity index (χ0v) is 11.5. The van der Waals surface area contributed by atoms with E-state index in [-0.39, 0.29) is 6.61 Å². The summed E-state index contributed by atoms with van der Waals surface area (Å²) in [6.45, 7) is -0.156. The fourth-order valence-electron chi connectivity index (χ4n) is 1.40. The van der Waals surface area contributed by atoms with Crippen LogP contribution in [0, 0.1) is 0 Å². The minimum absolute atomic E-state index is 0.156. The van der Waals surface area contributed by atoms with E-state index < -0.39 is 11.1 Å². The van der Waals surface area contributed by atoms with E-state index in [4.69, 9.17) is 11.6 Å². The Morgan fingerprint density at radius 2 is 2.21 bits per heavy atom. The Morgan fingerprint density at radius 3 is 2.89 bits per heavy atom. The van der Waals surface area contributed by atoms with Crippen molar-refractivity contribution < 1.29 is 5.11 Å². The second-order valence-corrected chi connectivity index (χ2v) is 5.16. The first-order chi connectivity index (χ1) is 9.01. The van der Waals surface area contributed by atoms with Gasteiger partial charge >= 0.3 is 11.1 Å². The Balaban J connectivity index is 2.47. The standard InChI is InChI=1S/C11H10ClN3O3S/c1-15-11(13-9(17)10(18)14-15)19-8-4-7(12)3-2-6(8)5-16/h2-4,16H,5H2,1H3,(H,14,18). The number of aromatic amines is 1. The van der Waals surface area contributed by atoms with Gasteiger partial charge in [-0.2, -0.15) is 4.98 Å². The van der Waals surface area contributed by atoms with Crippen molar-refractivity contribution in [3.05, 3.63) is 49.5 Å². The fourth-order valence-corrected chi connectivity index (χ4v) is 2.60. The van der Waals surface area contributed by atoms with Gasteiger partial charge in [-0.3, -0.25) is 19.4 Å². The number of aliphatic hydroxyl groups excluding tert-OH is 1. The highest BCUT2D eigenvalue weighted by atomic mass is 35.5. The number of nitrogens with zero attached hydrogens (tertiary/aromatic N) is 2. The van der Waals surface area contributed by atoms with Crippen LogP contribution in [0.5, 0.6) is 0 Å². The lowest BCUT2D eigenvalue weighted by Crippen LogP contribution is -2.33. The van der Waals surface area contributed by atoms with Crippen molar-refractivity contribution in [1.82, 2.24) is 14.8 Å². The van der Waals surface area contributed by atoms with Crippen molar-refractivity contribution in [1.29, 1.82) is 0 Å². The molecule has 1 heterocycles. The third-order valence-corrected chi connectivity index (χ3v) is 3.73. The maximum Gasteiger partial charge on any atom is 0.339 e. The highest BCUT2D eigenvalue weighted by Gasteiger charge is 2.10. The molecule has 6 nitrogen and oxygen atoms in total. The lowest BCUT2D eigenvalue weighted by atomic mass is 10.2. The van der Waals surface area contributed by atoms with Crippen molar-refractivity contribution >= 4 is 23.4 Å². The van der Waals surface area contributed by atoms with Crippen LogP contribution in [0.2, 0.25) is 5.02 Å². The third-order valence-electron chi connectivity index (χ3n) is 2.35. The highest BCUT2D eigenvalue weighted by Crippen LogP contribution is 2.30. The summed E-state index contributed by atoms with van der Waals surface area (Å²) >= 11 is 7.03.